The summed E-state index contributed by atoms with van der Waals surface area (Å²) in [6.07, 6.45) is 1.25. The Hall–Kier alpha value is -1.88. The van der Waals surface area contributed by atoms with E-state index in [1.807, 2.05) is 25.1 Å². The number of rotatable bonds is 3. The zero-order chi connectivity index (χ0) is 14.0. The highest BCUT2D eigenvalue weighted by molar-refractivity contribution is 5.93. The van der Waals surface area contributed by atoms with Crippen LogP contribution in [0.3, 0.4) is 0 Å². The first kappa shape index (κ1) is 13.5. The van der Waals surface area contributed by atoms with Crippen LogP contribution in [0.15, 0.2) is 18.2 Å². The lowest BCUT2D eigenvalue weighted by molar-refractivity contribution is -0.122. The van der Waals surface area contributed by atoms with E-state index in [2.05, 4.69) is 10.6 Å². The third kappa shape index (κ3) is 3.12. The number of carbonyl (C=O) groups excluding carboxylic acids is 2. The van der Waals surface area contributed by atoms with E-state index in [0.717, 1.165) is 23.2 Å². The minimum absolute atomic E-state index is 0.0542. The summed E-state index contributed by atoms with van der Waals surface area (Å²) in [5.41, 5.74) is 8.52. The smallest absolute Gasteiger partial charge is 0.237 e. The van der Waals surface area contributed by atoms with Gasteiger partial charge in [0, 0.05) is 12.1 Å². The Labute approximate surface area is 112 Å². The maximum absolute atomic E-state index is 11.6. The molecule has 5 nitrogen and oxygen atoms in total. The van der Waals surface area contributed by atoms with Gasteiger partial charge < -0.3 is 16.4 Å². The summed E-state index contributed by atoms with van der Waals surface area (Å²) in [7, 11) is 0. The van der Waals surface area contributed by atoms with Gasteiger partial charge in [0.05, 0.1) is 12.1 Å². The van der Waals surface area contributed by atoms with E-state index in [9.17, 15) is 9.59 Å². The predicted octanol–water partition coefficient (Wildman–Crippen LogP) is 1.10. The van der Waals surface area contributed by atoms with Crippen LogP contribution in [0, 0.1) is 0 Å². The van der Waals surface area contributed by atoms with Crippen molar-refractivity contribution in [1.82, 2.24) is 5.32 Å². The van der Waals surface area contributed by atoms with Crippen molar-refractivity contribution in [2.75, 3.05) is 5.32 Å². The standard InChI is InChI=1S/C14H19N3O2/c1-8(15)14(19)16-9(2)10-3-5-12-11(7-10)4-6-13(18)17-12/h3,5,7-9H,4,6,15H2,1-2H3,(H,16,19)(H,17,18). The second kappa shape index (κ2) is 5.40. The zero-order valence-corrected chi connectivity index (χ0v) is 11.2. The number of benzene rings is 1. The van der Waals surface area contributed by atoms with E-state index in [1.54, 1.807) is 6.92 Å². The molecule has 1 heterocycles. The van der Waals surface area contributed by atoms with Gasteiger partial charge in [-0.05, 0) is 37.5 Å². The SMILES string of the molecule is CC(N)C(=O)NC(C)c1ccc2c(c1)CCC(=O)N2. The molecule has 0 aliphatic carbocycles. The first-order chi connectivity index (χ1) is 8.97. The Kier molecular flexibility index (Phi) is 3.85. The number of amides is 2. The summed E-state index contributed by atoms with van der Waals surface area (Å²) in [5, 5.41) is 5.70. The van der Waals surface area contributed by atoms with Crippen LogP contribution in [0.5, 0.6) is 0 Å². The van der Waals surface area contributed by atoms with E-state index < -0.39 is 6.04 Å². The summed E-state index contributed by atoms with van der Waals surface area (Å²) in [5.74, 6) is -0.114. The Bertz CT molecular complexity index is 511. The molecule has 2 amide bonds. The molecule has 19 heavy (non-hydrogen) atoms. The average Bonchev–Trinajstić information content (AvgIpc) is 2.37. The highest BCUT2D eigenvalue weighted by Crippen LogP contribution is 2.26. The third-order valence-corrected chi connectivity index (χ3v) is 3.30. The molecule has 4 N–H and O–H groups in total. The molecule has 0 saturated carbocycles. The third-order valence-electron chi connectivity index (χ3n) is 3.30. The molecule has 0 fully saturated rings. The molecule has 0 radical (unpaired) electrons. The van der Waals surface area contributed by atoms with Crippen LogP contribution in [0.1, 0.15) is 37.4 Å². The van der Waals surface area contributed by atoms with Crippen LogP contribution in [0.2, 0.25) is 0 Å². The second-order valence-corrected chi connectivity index (χ2v) is 4.98. The predicted molar refractivity (Wildman–Crippen MR) is 73.6 cm³/mol. The summed E-state index contributed by atoms with van der Waals surface area (Å²) < 4.78 is 0. The summed E-state index contributed by atoms with van der Waals surface area (Å²) in [4.78, 5) is 22.8. The monoisotopic (exact) mass is 261 g/mol. The Morgan fingerprint density at radius 3 is 2.79 bits per heavy atom. The van der Waals surface area contributed by atoms with E-state index in [1.165, 1.54) is 0 Å². The fourth-order valence-corrected chi connectivity index (χ4v) is 2.10. The van der Waals surface area contributed by atoms with Gasteiger partial charge in [0.2, 0.25) is 11.8 Å². The van der Waals surface area contributed by atoms with E-state index in [0.29, 0.717) is 6.42 Å². The van der Waals surface area contributed by atoms with Crippen molar-refractivity contribution in [2.24, 2.45) is 5.73 Å². The number of nitrogens with one attached hydrogen (secondary N) is 2. The van der Waals surface area contributed by atoms with Crippen molar-refractivity contribution >= 4 is 17.5 Å². The van der Waals surface area contributed by atoms with Gasteiger partial charge in [-0.15, -0.1) is 0 Å². The molecular formula is C14H19N3O2. The number of aryl methyl sites for hydroxylation is 1. The lowest BCUT2D eigenvalue weighted by Gasteiger charge is -2.21. The first-order valence-corrected chi connectivity index (χ1v) is 6.46. The van der Waals surface area contributed by atoms with Crippen LogP contribution in [0.4, 0.5) is 5.69 Å². The zero-order valence-electron chi connectivity index (χ0n) is 11.2. The Morgan fingerprint density at radius 1 is 1.37 bits per heavy atom. The molecule has 2 unspecified atom stereocenters. The van der Waals surface area contributed by atoms with Crippen molar-refractivity contribution in [3.8, 4) is 0 Å². The van der Waals surface area contributed by atoms with Gasteiger partial charge in [0.1, 0.15) is 0 Å². The fourth-order valence-electron chi connectivity index (χ4n) is 2.10. The minimum atomic E-state index is -0.514. The topological polar surface area (TPSA) is 84.2 Å². The molecule has 1 aromatic carbocycles. The maximum atomic E-state index is 11.6. The highest BCUT2D eigenvalue weighted by atomic mass is 16.2. The van der Waals surface area contributed by atoms with Gasteiger partial charge in [-0.3, -0.25) is 9.59 Å². The van der Waals surface area contributed by atoms with Crippen LogP contribution >= 0.6 is 0 Å². The number of fused-ring (bicyclic) bond motifs is 1. The molecule has 5 heteroatoms. The lowest BCUT2D eigenvalue weighted by atomic mass is 9.97. The summed E-state index contributed by atoms with van der Waals surface area (Å²) in [6.45, 7) is 3.58. The van der Waals surface area contributed by atoms with Crippen molar-refractivity contribution in [1.29, 1.82) is 0 Å². The van der Waals surface area contributed by atoms with E-state index in [-0.39, 0.29) is 17.9 Å². The fraction of sp³-hybridized carbons (Fsp3) is 0.429. The lowest BCUT2D eigenvalue weighted by Crippen LogP contribution is -2.39. The quantitative estimate of drug-likeness (QED) is 0.761. The molecular weight excluding hydrogens is 242 g/mol. The van der Waals surface area contributed by atoms with Crippen molar-refractivity contribution in [2.45, 2.75) is 38.8 Å². The molecule has 0 spiro atoms. The molecule has 0 aromatic heterocycles. The van der Waals surface area contributed by atoms with Crippen molar-refractivity contribution in [3.05, 3.63) is 29.3 Å². The summed E-state index contributed by atoms with van der Waals surface area (Å²) in [6, 6.07) is 5.22. The van der Waals surface area contributed by atoms with Crippen LogP contribution in [-0.2, 0) is 16.0 Å². The largest absolute Gasteiger partial charge is 0.348 e. The van der Waals surface area contributed by atoms with Gasteiger partial charge in [-0.2, -0.15) is 0 Å². The molecule has 2 atom stereocenters. The Morgan fingerprint density at radius 2 is 2.11 bits per heavy atom. The molecule has 1 aliphatic heterocycles. The maximum Gasteiger partial charge on any atom is 0.237 e. The van der Waals surface area contributed by atoms with Crippen molar-refractivity contribution < 1.29 is 9.59 Å². The van der Waals surface area contributed by atoms with E-state index >= 15 is 0 Å². The first-order valence-electron chi connectivity index (χ1n) is 6.46. The number of hydrogen-bond donors (Lipinski definition) is 3. The number of anilines is 1. The number of carbonyl (C=O) groups is 2. The molecule has 2 rings (SSSR count). The second-order valence-electron chi connectivity index (χ2n) is 4.98. The van der Waals surface area contributed by atoms with Crippen LogP contribution in [0.25, 0.3) is 0 Å². The van der Waals surface area contributed by atoms with Crippen LogP contribution < -0.4 is 16.4 Å². The highest BCUT2D eigenvalue weighted by Gasteiger charge is 2.17. The van der Waals surface area contributed by atoms with Gasteiger partial charge in [-0.25, -0.2) is 0 Å². The van der Waals surface area contributed by atoms with E-state index in [4.69, 9.17) is 5.73 Å². The minimum Gasteiger partial charge on any atom is -0.348 e. The van der Waals surface area contributed by atoms with Crippen molar-refractivity contribution in [3.63, 3.8) is 0 Å². The van der Waals surface area contributed by atoms with Gasteiger partial charge in [0.25, 0.3) is 0 Å². The number of nitrogens with two attached hydrogens (primary N) is 1. The molecule has 0 saturated heterocycles. The van der Waals surface area contributed by atoms with Gasteiger partial charge in [-0.1, -0.05) is 12.1 Å². The summed E-state index contributed by atoms with van der Waals surface area (Å²) >= 11 is 0. The molecule has 1 aromatic rings. The van der Waals surface area contributed by atoms with Gasteiger partial charge in [0.15, 0.2) is 0 Å². The normalized spacial score (nSPS) is 17.1. The average molecular weight is 261 g/mol. The Balaban J connectivity index is 2.13. The van der Waals surface area contributed by atoms with Crippen LogP contribution in [-0.4, -0.2) is 17.9 Å². The molecule has 1 aliphatic rings. The molecule has 102 valence electrons. The van der Waals surface area contributed by atoms with Gasteiger partial charge >= 0.3 is 0 Å². The molecule has 0 bridgehead atoms. The number of hydrogen-bond acceptors (Lipinski definition) is 3.